The number of hydrogen-bond donors (Lipinski definition) is 1. The summed E-state index contributed by atoms with van der Waals surface area (Å²) in [6, 6.07) is 3.49. The molecule has 0 bridgehead atoms. The number of carbonyl (C=O) groups excluding carboxylic acids is 1. The van der Waals surface area contributed by atoms with Gasteiger partial charge >= 0.3 is 0 Å². The molecule has 3 heterocycles. The largest absolute Gasteiger partial charge is 0.482 e. The van der Waals surface area contributed by atoms with Gasteiger partial charge in [-0.05, 0) is 25.0 Å². The van der Waals surface area contributed by atoms with Crippen molar-refractivity contribution < 1.29 is 14.6 Å². The number of likely N-dealkylation sites (N-methyl/N-ethyl adjacent to an activating group) is 1. The average molecular weight is 357 g/mol. The van der Waals surface area contributed by atoms with Gasteiger partial charge in [0.1, 0.15) is 11.6 Å². The second-order valence-electron chi connectivity index (χ2n) is 6.54. The Morgan fingerprint density at radius 3 is 2.92 bits per heavy atom. The van der Waals surface area contributed by atoms with Gasteiger partial charge in [-0.2, -0.15) is 0 Å². The highest BCUT2D eigenvalue weighted by Crippen LogP contribution is 2.25. The zero-order chi connectivity index (χ0) is 18.4. The molecule has 0 spiro atoms. The van der Waals surface area contributed by atoms with Crippen LogP contribution in [0.3, 0.4) is 0 Å². The Morgan fingerprint density at radius 1 is 1.35 bits per heavy atom. The highest BCUT2D eigenvalue weighted by atomic mass is 16.5. The highest BCUT2D eigenvalue weighted by Gasteiger charge is 2.36. The average Bonchev–Trinajstić information content (AvgIpc) is 2.67. The number of aromatic nitrogens is 3. The second kappa shape index (κ2) is 8.09. The van der Waals surface area contributed by atoms with Gasteiger partial charge in [-0.3, -0.25) is 14.8 Å². The smallest absolute Gasteiger partial charge is 0.260 e. The Balaban J connectivity index is 1.55. The standard InChI is InChI=1S/C18H23N5O3/c1-22(17(24)12-26-15-4-2-6-19-10-15)13-18(25)5-3-9-23(14-18)16-11-20-7-8-21-16/h2,4,6-8,10-11,25H,3,5,9,12-14H2,1H3. The maximum absolute atomic E-state index is 12.3. The summed E-state index contributed by atoms with van der Waals surface area (Å²) in [5.74, 6) is 1.08. The van der Waals surface area contributed by atoms with Crippen LogP contribution in [0.5, 0.6) is 5.75 Å². The van der Waals surface area contributed by atoms with Crippen LogP contribution in [0.1, 0.15) is 12.8 Å². The number of carbonyl (C=O) groups is 1. The van der Waals surface area contributed by atoms with E-state index in [4.69, 9.17) is 4.74 Å². The van der Waals surface area contributed by atoms with Crippen LogP contribution >= 0.6 is 0 Å². The Labute approximate surface area is 152 Å². The molecule has 0 aromatic carbocycles. The topological polar surface area (TPSA) is 91.7 Å². The monoisotopic (exact) mass is 357 g/mol. The van der Waals surface area contributed by atoms with Gasteiger partial charge in [0.15, 0.2) is 6.61 Å². The van der Waals surface area contributed by atoms with Crippen LogP contribution in [-0.4, -0.2) is 69.8 Å². The number of anilines is 1. The van der Waals surface area contributed by atoms with Crippen molar-refractivity contribution >= 4 is 11.7 Å². The molecule has 0 aliphatic carbocycles. The summed E-state index contributed by atoms with van der Waals surface area (Å²) in [5.41, 5.74) is -0.992. The molecule has 8 heteroatoms. The molecule has 1 N–H and O–H groups in total. The molecule has 1 amide bonds. The molecule has 1 unspecified atom stereocenters. The normalized spacial score (nSPS) is 19.8. The Kier molecular flexibility index (Phi) is 5.62. The predicted octanol–water partition coefficient (Wildman–Crippen LogP) is 0.740. The molecule has 8 nitrogen and oxygen atoms in total. The van der Waals surface area contributed by atoms with E-state index in [9.17, 15) is 9.90 Å². The van der Waals surface area contributed by atoms with Crippen molar-refractivity contribution in [1.82, 2.24) is 19.9 Å². The maximum Gasteiger partial charge on any atom is 0.260 e. The third-order valence-electron chi connectivity index (χ3n) is 4.38. The quantitative estimate of drug-likeness (QED) is 0.815. The Morgan fingerprint density at radius 2 is 2.19 bits per heavy atom. The summed E-state index contributed by atoms with van der Waals surface area (Å²) in [5, 5.41) is 11.0. The molecule has 1 atom stereocenters. The number of hydrogen-bond acceptors (Lipinski definition) is 7. The minimum absolute atomic E-state index is 0.0911. The Hall–Kier alpha value is -2.74. The molecule has 1 fully saturated rings. The highest BCUT2D eigenvalue weighted by molar-refractivity contribution is 5.77. The number of ether oxygens (including phenoxy) is 1. The third kappa shape index (κ3) is 4.66. The number of aliphatic hydroxyl groups is 1. The number of piperidine rings is 1. The number of amides is 1. The minimum Gasteiger partial charge on any atom is -0.482 e. The lowest BCUT2D eigenvalue weighted by atomic mass is 9.92. The molecular weight excluding hydrogens is 334 g/mol. The van der Waals surface area contributed by atoms with Crippen LogP contribution in [0.25, 0.3) is 0 Å². The SMILES string of the molecule is CN(CC1(O)CCCN(c2cnccn2)C1)C(=O)COc1cccnc1. The van der Waals surface area contributed by atoms with E-state index in [1.54, 1.807) is 50.2 Å². The van der Waals surface area contributed by atoms with Crippen molar-refractivity contribution in [3.05, 3.63) is 43.1 Å². The zero-order valence-electron chi connectivity index (χ0n) is 14.8. The first-order chi connectivity index (χ1) is 12.6. The number of nitrogens with zero attached hydrogens (tertiary/aromatic N) is 5. The maximum atomic E-state index is 12.3. The van der Waals surface area contributed by atoms with E-state index in [0.717, 1.165) is 18.8 Å². The van der Waals surface area contributed by atoms with Crippen molar-refractivity contribution in [2.45, 2.75) is 18.4 Å². The van der Waals surface area contributed by atoms with Crippen molar-refractivity contribution in [2.24, 2.45) is 0 Å². The van der Waals surface area contributed by atoms with Gasteiger partial charge < -0.3 is 19.6 Å². The van der Waals surface area contributed by atoms with Gasteiger partial charge in [0.05, 0.1) is 24.5 Å². The first-order valence-corrected chi connectivity index (χ1v) is 8.56. The minimum atomic E-state index is -0.992. The molecule has 0 radical (unpaired) electrons. The molecular formula is C18H23N5O3. The summed E-state index contributed by atoms with van der Waals surface area (Å²) in [7, 11) is 1.67. The molecule has 2 aromatic heterocycles. The Bertz CT molecular complexity index is 715. The van der Waals surface area contributed by atoms with E-state index < -0.39 is 5.60 Å². The molecule has 2 aromatic rings. The van der Waals surface area contributed by atoms with Crippen molar-refractivity contribution in [1.29, 1.82) is 0 Å². The molecule has 1 aliphatic rings. The van der Waals surface area contributed by atoms with Gasteiger partial charge in [-0.1, -0.05) is 0 Å². The van der Waals surface area contributed by atoms with Crippen LogP contribution in [0.2, 0.25) is 0 Å². The molecule has 0 saturated carbocycles. The van der Waals surface area contributed by atoms with E-state index in [0.29, 0.717) is 18.7 Å². The summed E-state index contributed by atoms with van der Waals surface area (Å²) in [6.07, 6.45) is 9.58. The molecule has 26 heavy (non-hydrogen) atoms. The van der Waals surface area contributed by atoms with Crippen molar-refractivity contribution in [3.8, 4) is 5.75 Å². The van der Waals surface area contributed by atoms with E-state index in [1.165, 1.54) is 4.90 Å². The number of β-amino-alcohol motifs (C(OH)–C–C–N with tert-alkyl or cyclic N) is 1. The zero-order valence-corrected chi connectivity index (χ0v) is 14.8. The third-order valence-corrected chi connectivity index (χ3v) is 4.38. The first-order valence-electron chi connectivity index (χ1n) is 8.56. The summed E-state index contributed by atoms with van der Waals surface area (Å²) in [4.78, 5) is 28.1. The summed E-state index contributed by atoms with van der Waals surface area (Å²) < 4.78 is 5.44. The van der Waals surface area contributed by atoms with Crippen LogP contribution < -0.4 is 9.64 Å². The van der Waals surface area contributed by atoms with Crippen LogP contribution in [-0.2, 0) is 4.79 Å². The molecule has 138 valence electrons. The first kappa shape index (κ1) is 18.1. The fourth-order valence-electron chi connectivity index (χ4n) is 3.11. The van der Waals surface area contributed by atoms with Crippen molar-refractivity contribution in [3.63, 3.8) is 0 Å². The number of rotatable bonds is 6. The van der Waals surface area contributed by atoms with E-state index in [2.05, 4.69) is 15.0 Å². The number of pyridine rings is 1. The van der Waals surface area contributed by atoms with Gasteiger partial charge in [0.2, 0.25) is 0 Å². The molecule has 3 rings (SSSR count). The fraction of sp³-hybridized carbons (Fsp3) is 0.444. The lowest BCUT2D eigenvalue weighted by Crippen LogP contribution is -2.55. The van der Waals surface area contributed by atoms with Crippen LogP contribution in [0.4, 0.5) is 5.82 Å². The van der Waals surface area contributed by atoms with Gasteiger partial charge in [-0.15, -0.1) is 0 Å². The molecule has 1 saturated heterocycles. The van der Waals surface area contributed by atoms with Crippen molar-refractivity contribution in [2.75, 3.05) is 38.2 Å². The van der Waals surface area contributed by atoms with Crippen LogP contribution in [0.15, 0.2) is 43.1 Å². The van der Waals surface area contributed by atoms with Gasteiger partial charge in [0, 0.05) is 38.7 Å². The lowest BCUT2D eigenvalue weighted by molar-refractivity contribution is -0.135. The van der Waals surface area contributed by atoms with Gasteiger partial charge in [0.25, 0.3) is 5.91 Å². The second-order valence-corrected chi connectivity index (χ2v) is 6.54. The van der Waals surface area contributed by atoms with E-state index >= 15 is 0 Å². The van der Waals surface area contributed by atoms with Crippen LogP contribution in [0, 0.1) is 0 Å². The molecule has 1 aliphatic heterocycles. The summed E-state index contributed by atoms with van der Waals surface area (Å²) >= 11 is 0. The van der Waals surface area contributed by atoms with E-state index in [-0.39, 0.29) is 19.1 Å². The van der Waals surface area contributed by atoms with E-state index in [1.807, 2.05) is 4.90 Å². The summed E-state index contributed by atoms with van der Waals surface area (Å²) in [6.45, 7) is 1.36. The predicted molar refractivity (Wildman–Crippen MR) is 95.8 cm³/mol. The fourth-order valence-corrected chi connectivity index (χ4v) is 3.11. The van der Waals surface area contributed by atoms with Gasteiger partial charge in [-0.25, -0.2) is 4.98 Å². The lowest BCUT2D eigenvalue weighted by Gasteiger charge is -2.41.